The number of rotatable bonds is 12. The molecule has 1 aromatic carbocycles. The maximum atomic E-state index is 15.8. The first-order chi connectivity index (χ1) is 48.3. The summed E-state index contributed by atoms with van der Waals surface area (Å²) in [5.41, 5.74) is -2.34. The van der Waals surface area contributed by atoms with Crippen molar-refractivity contribution in [1.82, 2.24) is 60.0 Å². The number of nitrogens with one attached hydrogen (secondary N) is 3. The number of hydrogen-bond donors (Lipinski definition) is 3. The van der Waals surface area contributed by atoms with E-state index >= 15 is 28.8 Å². The highest BCUT2D eigenvalue weighted by Crippen LogP contribution is 2.39. The van der Waals surface area contributed by atoms with Crippen LogP contribution in [-0.2, 0) is 74.9 Å². The van der Waals surface area contributed by atoms with Crippen molar-refractivity contribution in [3.05, 3.63) is 34.3 Å². The van der Waals surface area contributed by atoms with Crippen molar-refractivity contribution in [3.8, 4) is 0 Å². The molecule has 102 heavy (non-hydrogen) atoms. The van der Waals surface area contributed by atoms with Crippen LogP contribution in [0.2, 0.25) is 5.02 Å². The highest BCUT2D eigenvalue weighted by molar-refractivity contribution is 6.31. The van der Waals surface area contributed by atoms with E-state index in [0.717, 1.165) is 97.5 Å². The average Bonchev–Trinajstić information content (AvgIpc) is 1.47. The fourth-order valence-corrected chi connectivity index (χ4v) is 16.2. The number of halogens is 4. The number of nitrogens with zero attached hydrogens (tertiary/aromatic N) is 9. The van der Waals surface area contributed by atoms with Crippen molar-refractivity contribution in [2.24, 2.45) is 17.8 Å². The number of alkyl halides is 3. The number of piperidine rings is 1. The summed E-state index contributed by atoms with van der Waals surface area (Å²) in [6.45, 7) is 2.49. The Morgan fingerprint density at radius 1 is 0.608 bits per heavy atom. The normalized spacial score (nSPS) is 27.1. The lowest BCUT2D eigenvalue weighted by atomic mass is 9.81. The largest absolute Gasteiger partial charge is 0.417 e. The number of benzene rings is 1. The van der Waals surface area contributed by atoms with Gasteiger partial charge in [-0.25, -0.2) is 0 Å². The predicted molar refractivity (Wildman–Crippen MR) is 373 cm³/mol. The Hall–Kier alpha value is -7.10. The standard InChI is InChI=1S/C73H110ClF3N12O13/c1-46(2)38-56-64(94)79-54(45-102-50-29-30-50)66(96)83(5)43-61(92)81(3)44-62(93)85(7)57(40-47-22-13-10-14-23-47)68(98)82(4)42-59(90)78-53(32-28-48-27-31-51(52(74)39-48)73(75,76)77)67(97)89-37-21-26-55(89)65(95)80-72(33-17-18-34-72)71(101)87(9)63(49-24-15-11-16-25-49)70(100)86(8)58(41-60(91)84(56)6)69(99)88-35-19-12-20-36-88/h27,31,39,46-47,49-50,53-58,63H,10-26,28-30,32-38,40-45H2,1-9H3,(H,78,90)(H,79,94)(H,80,95)/t53-,54-,55-,56-,57-,58-,63-/m0/s1. The van der Waals surface area contributed by atoms with Crippen LogP contribution < -0.4 is 16.0 Å². The molecule has 0 radical (unpaired) electrons. The lowest BCUT2D eigenvalue weighted by molar-refractivity contribution is -0.157. The van der Waals surface area contributed by atoms with Crippen molar-refractivity contribution in [3.63, 3.8) is 0 Å². The minimum absolute atomic E-state index is 0.0137. The first-order valence-electron chi connectivity index (χ1n) is 37.1. The number of carbonyl (C=O) groups is 12. The molecule has 0 aromatic heterocycles. The molecule has 8 rings (SSSR count). The molecule has 1 aromatic rings. The van der Waals surface area contributed by atoms with Gasteiger partial charge in [0.15, 0.2) is 0 Å². The second-order valence-corrected chi connectivity index (χ2v) is 30.8. The van der Waals surface area contributed by atoms with Crippen molar-refractivity contribution in [2.45, 2.75) is 241 Å². The van der Waals surface area contributed by atoms with Crippen LogP contribution in [0.25, 0.3) is 0 Å². The molecule has 7 fully saturated rings. The second kappa shape index (κ2) is 36.1. The van der Waals surface area contributed by atoms with Crippen LogP contribution in [0, 0.1) is 17.8 Å². The van der Waals surface area contributed by atoms with E-state index < -0.39 is 167 Å². The highest BCUT2D eigenvalue weighted by atomic mass is 35.5. The zero-order valence-electron chi connectivity index (χ0n) is 61.3. The molecule has 3 aliphatic heterocycles. The van der Waals surface area contributed by atoms with Gasteiger partial charge in [-0.1, -0.05) is 95.7 Å². The summed E-state index contributed by atoms with van der Waals surface area (Å²) in [5, 5.41) is 8.10. The second-order valence-electron chi connectivity index (χ2n) is 30.4. The van der Waals surface area contributed by atoms with E-state index in [1.807, 2.05) is 13.8 Å². The van der Waals surface area contributed by atoms with Crippen LogP contribution in [-0.4, -0.2) is 264 Å². The molecule has 7 aliphatic rings. The van der Waals surface area contributed by atoms with Gasteiger partial charge in [-0.05, 0) is 132 Å². The van der Waals surface area contributed by atoms with Gasteiger partial charge in [0.1, 0.15) is 47.8 Å². The van der Waals surface area contributed by atoms with Gasteiger partial charge in [-0.15, -0.1) is 0 Å². The lowest BCUT2D eigenvalue weighted by Crippen LogP contribution is -2.65. The maximum absolute atomic E-state index is 15.8. The molecule has 3 heterocycles. The summed E-state index contributed by atoms with van der Waals surface area (Å²) in [4.78, 5) is 191. The molecule has 0 unspecified atom stereocenters. The Balaban J connectivity index is 1.17. The monoisotopic (exact) mass is 1450 g/mol. The van der Waals surface area contributed by atoms with Crippen molar-refractivity contribution in [1.29, 1.82) is 0 Å². The summed E-state index contributed by atoms with van der Waals surface area (Å²) in [5.74, 6) is -8.44. The third kappa shape index (κ3) is 20.7. The number of hydrogen-bond acceptors (Lipinski definition) is 13. The summed E-state index contributed by atoms with van der Waals surface area (Å²) < 4.78 is 47.7. The van der Waals surface area contributed by atoms with Gasteiger partial charge in [0.05, 0.1) is 49.4 Å². The van der Waals surface area contributed by atoms with Gasteiger partial charge < -0.3 is 64.8 Å². The van der Waals surface area contributed by atoms with E-state index in [9.17, 15) is 41.9 Å². The van der Waals surface area contributed by atoms with Crippen LogP contribution >= 0.6 is 11.6 Å². The molecule has 25 nitrogen and oxygen atoms in total. The van der Waals surface area contributed by atoms with Crippen molar-refractivity contribution >= 4 is 82.5 Å². The zero-order chi connectivity index (χ0) is 74.5. The smallest absolute Gasteiger partial charge is 0.376 e. The number of ether oxygens (including phenoxy) is 1. The molecule has 29 heteroatoms. The predicted octanol–water partition coefficient (Wildman–Crippen LogP) is 5.56. The SMILES string of the molecule is CC(C)C[C@H]1C(=O)N[C@@H](COC2CC2)C(=O)N(C)CC(=O)N(C)CC(=O)N(C)[C@@H](CC2CCCCC2)C(=O)N(C)CC(=O)N[C@@H](CCc2ccc(C(F)(F)F)c(Cl)c2)C(=O)N2CCC[C@H]2C(=O)NC2(CCCC2)C(=O)N(C)[C@@H](C2CCCCC2)C(=O)N(C)[C@H](C(=O)N2CCCCC2)CC(=O)N1C. The highest BCUT2D eigenvalue weighted by Gasteiger charge is 2.52. The van der Waals surface area contributed by atoms with Gasteiger partial charge in [0.25, 0.3) is 0 Å². The molecule has 12 amide bonds. The van der Waals surface area contributed by atoms with Crippen LogP contribution in [0.3, 0.4) is 0 Å². The topological polar surface area (TPSA) is 279 Å². The summed E-state index contributed by atoms with van der Waals surface area (Å²) >= 11 is 6.17. The first-order valence-corrected chi connectivity index (χ1v) is 37.5. The average molecular weight is 1460 g/mol. The Labute approximate surface area is 603 Å². The van der Waals surface area contributed by atoms with Gasteiger partial charge in [0.2, 0.25) is 70.9 Å². The molecule has 3 saturated heterocycles. The van der Waals surface area contributed by atoms with Gasteiger partial charge in [-0.3, -0.25) is 57.5 Å². The fraction of sp³-hybridized carbons (Fsp3) is 0.753. The number of likely N-dealkylation sites (N-methyl/N-ethyl adjacent to an activating group) is 7. The molecular weight excluding hydrogens is 1350 g/mol. The Morgan fingerprint density at radius 3 is 1.83 bits per heavy atom. The number of aryl methyl sites for hydroxylation is 1. The summed E-state index contributed by atoms with van der Waals surface area (Å²) in [6.07, 6.45) is 7.86. The zero-order valence-corrected chi connectivity index (χ0v) is 62.0. The molecule has 1 spiro atoms. The molecular formula is C73H110ClF3N12O13. The van der Waals surface area contributed by atoms with Crippen LogP contribution in [0.5, 0.6) is 0 Å². The molecule has 568 valence electrons. The number of likely N-dealkylation sites (tertiary alicyclic amines) is 1. The van der Waals surface area contributed by atoms with Crippen LogP contribution in [0.15, 0.2) is 18.2 Å². The van der Waals surface area contributed by atoms with Crippen molar-refractivity contribution < 1.29 is 75.4 Å². The molecule has 7 atom stereocenters. The number of carbonyl (C=O) groups excluding carboxylic acids is 12. The molecule has 4 saturated carbocycles. The van der Waals surface area contributed by atoms with E-state index in [-0.39, 0.29) is 76.0 Å². The van der Waals surface area contributed by atoms with E-state index in [2.05, 4.69) is 16.0 Å². The lowest BCUT2D eigenvalue weighted by Gasteiger charge is -2.43. The maximum Gasteiger partial charge on any atom is 0.417 e. The van der Waals surface area contributed by atoms with E-state index in [1.165, 1.54) is 79.9 Å². The number of amides is 12. The fourth-order valence-electron chi connectivity index (χ4n) is 15.9. The van der Waals surface area contributed by atoms with Crippen LogP contribution in [0.4, 0.5) is 13.2 Å². The quantitative estimate of drug-likeness (QED) is 0.232. The van der Waals surface area contributed by atoms with Gasteiger partial charge >= 0.3 is 6.18 Å². The van der Waals surface area contributed by atoms with Crippen LogP contribution in [0.1, 0.15) is 185 Å². The third-order valence-corrected chi connectivity index (χ3v) is 22.5. The minimum atomic E-state index is -4.76. The molecule has 4 aliphatic carbocycles. The minimum Gasteiger partial charge on any atom is -0.376 e. The van der Waals surface area contributed by atoms with Gasteiger partial charge in [-0.2, -0.15) is 13.2 Å². The Bertz CT molecular complexity index is 3190. The Kier molecular flexibility index (Phi) is 28.5. The first kappa shape index (κ1) is 80.6. The van der Waals surface area contributed by atoms with E-state index in [1.54, 1.807) is 4.90 Å². The molecule has 3 N–H and O–H groups in total. The van der Waals surface area contributed by atoms with Gasteiger partial charge in [0, 0.05) is 69.0 Å². The van der Waals surface area contributed by atoms with E-state index in [0.29, 0.717) is 63.6 Å². The number of fused-ring (bicyclic) bond motifs is 1. The third-order valence-electron chi connectivity index (χ3n) is 22.2. The van der Waals surface area contributed by atoms with Crippen molar-refractivity contribution in [2.75, 3.05) is 95.2 Å². The summed E-state index contributed by atoms with van der Waals surface area (Å²) in [7, 11) is 9.95. The summed E-state index contributed by atoms with van der Waals surface area (Å²) in [6, 6.07) is -5.75. The molecule has 0 bridgehead atoms. The Morgan fingerprint density at radius 2 is 1.22 bits per heavy atom. The van der Waals surface area contributed by atoms with E-state index in [4.69, 9.17) is 16.3 Å².